The van der Waals surface area contributed by atoms with Crippen LogP contribution in [-0.4, -0.2) is 5.78 Å². The van der Waals surface area contributed by atoms with E-state index in [2.05, 4.69) is 50.2 Å². The molecule has 3 heteroatoms. The van der Waals surface area contributed by atoms with Crippen LogP contribution in [0.15, 0.2) is 60.7 Å². The topological polar surface area (TPSA) is 26.3 Å². The zero-order chi connectivity index (χ0) is 19.4. The van der Waals surface area contributed by atoms with E-state index in [9.17, 15) is 4.79 Å². The Morgan fingerprint density at radius 3 is 2.33 bits per heavy atom. The second kappa shape index (κ2) is 8.50. The van der Waals surface area contributed by atoms with Crippen molar-refractivity contribution in [3.63, 3.8) is 0 Å². The van der Waals surface area contributed by atoms with Crippen LogP contribution in [0.25, 0.3) is 0 Å². The molecule has 0 bridgehead atoms. The molecule has 0 aliphatic heterocycles. The van der Waals surface area contributed by atoms with Gasteiger partial charge in [-0.1, -0.05) is 62.7 Å². The number of benzene rings is 3. The molecule has 138 valence electrons. The van der Waals surface area contributed by atoms with Gasteiger partial charge in [-0.05, 0) is 61.8 Å². The van der Waals surface area contributed by atoms with Crippen molar-refractivity contribution < 1.29 is 9.53 Å². The Kier molecular flexibility index (Phi) is 6.08. The molecule has 0 fully saturated rings. The van der Waals surface area contributed by atoms with E-state index in [0.29, 0.717) is 15.2 Å². The van der Waals surface area contributed by atoms with E-state index < -0.39 is 0 Å². The Morgan fingerprint density at radius 2 is 1.63 bits per heavy atom. The monoisotopic (exact) mass is 376 g/mol. The number of rotatable bonds is 6. The Bertz CT molecular complexity index is 962. The van der Waals surface area contributed by atoms with Crippen molar-refractivity contribution in [1.29, 1.82) is 0 Å². The number of Topliss-reactive ketones (excluding diaryl/α,β-unsaturated/α-hetero) is 1. The lowest BCUT2D eigenvalue weighted by molar-refractivity contribution is 0.101. The molecule has 1 atom stereocenters. The van der Waals surface area contributed by atoms with Gasteiger partial charge in [0.15, 0.2) is 5.78 Å². The van der Waals surface area contributed by atoms with E-state index in [0.717, 1.165) is 38.6 Å². The number of ether oxygens (including phenoxy) is 1. The first-order valence-electron chi connectivity index (χ1n) is 9.10. The van der Waals surface area contributed by atoms with Crippen LogP contribution in [0.4, 0.5) is 0 Å². The van der Waals surface area contributed by atoms with Gasteiger partial charge in [0.25, 0.3) is 0 Å². The van der Waals surface area contributed by atoms with Crippen LogP contribution in [0, 0.1) is 20.8 Å². The minimum atomic E-state index is 0.109. The molecule has 3 aromatic carbocycles. The van der Waals surface area contributed by atoms with E-state index in [4.69, 9.17) is 4.74 Å². The maximum atomic E-state index is 12.1. The molecule has 27 heavy (non-hydrogen) atoms. The third-order valence-electron chi connectivity index (χ3n) is 4.47. The summed E-state index contributed by atoms with van der Waals surface area (Å²) < 4.78 is 6.23. The fraction of sp³-hybridized carbons (Fsp3) is 0.208. The Hall–Kier alpha value is -2.44. The summed E-state index contributed by atoms with van der Waals surface area (Å²) in [5.41, 5.74) is 5.39. The fourth-order valence-electron chi connectivity index (χ4n) is 3.17. The van der Waals surface area contributed by atoms with E-state index in [1.807, 2.05) is 31.2 Å². The van der Waals surface area contributed by atoms with Gasteiger partial charge >= 0.3 is 0 Å². The third kappa shape index (κ3) is 4.84. The van der Waals surface area contributed by atoms with Gasteiger partial charge in [0, 0.05) is 10.9 Å². The van der Waals surface area contributed by atoms with Gasteiger partial charge in [-0.3, -0.25) is 4.79 Å². The molecule has 3 aromatic rings. The van der Waals surface area contributed by atoms with E-state index in [1.165, 1.54) is 5.56 Å². The molecule has 0 aliphatic rings. The first-order chi connectivity index (χ1) is 12.9. The highest BCUT2D eigenvalue weighted by Gasteiger charge is 2.14. The first kappa shape index (κ1) is 19.3. The van der Waals surface area contributed by atoms with Crippen molar-refractivity contribution in [3.8, 4) is 5.75 Å². The van der Waals surface area contributed by atoms with Crippen LogP contribution in [0.2, 0.25) is 0 Å². The van der Waals surface area contributed by atoms with Crippen molar-refractivity contribution in [2.75, 3.05) is 0 Å². The van der Waals surface area contributed by atoms with Crippen molar-refractivity contribution in [2.45, 2.75) is 34.3 Å². The Labute approximate surface area is 163 Å². The number of carbonyl (C=O) groups excluding carboxylic acids is 1. The van der Waals surface area contributed by atoms with Crippen LogP contribution in [0.3, 0.4) is 0 Å². The zero-order valence-corrected chi connectivity index (χ0v) is 17.3. The van der Waals surface area contributed by atoms with Gasteiger partial charge in [0.05, 0.1) is 0 Å². The lowest BCUT2D eigenvalue weighted by Gasteiger charge is -2.17. The van der Waals surface area contributed by atoms with Crippen LogP contribution >= 0.6 is 8.58 Å². The summed E-state index contributed by atoms with van der Waals surface area (Å²) >= 11 is 0. The molecule has 0 radical (unpaired) electrons. The highest BCUT2D eigenvalue weighted by atomic mass is 31.1. The molecule has 0 amide bonds. The van der Waals surface area contributed by atoms with Crippen molar-refractivity contribution in [1.82, 2.24) is 0 Å². The highest BCUT2D eigenvalue weighted by molar-refractivity contribution is 7.56. The van der Waals surface area contributed by atoms with Crippen LogP contribution in [-0.2, 0) is 6.61 Å². The molecule has 0 saturated heterocycles. The molecule has 0 N–H and O–H groups in total. The summed E-state index contributed by atoms with van der Waals surface area (Å²) in [6.07, 6.45) is 0. The first-order valence-corrected chi connectivity index (χ1v) is 10.1. The van der Waals surface area contributed by atoms with E-state index in [1.54, 1.807) is 6.92 Å². The van der Waals surface area contributed by atoms with Crippen molar-refractivity contribution in [3.05, 3.63) is 88.5 Å². The Balaban J connectivity index is 1.94. The van der Waals surface area contributed by atoms with Gasteiger partial charge in [0.2, 0.25) is 0 Å². The number of hydrogen-bond acceptors (Lipinski definition) is 2. The average Bonchev–Trinajstić information content (AvgIpc) is 2.63. The normalized spacial score (nSPS) is 11.1. The van der Waals surface area contributed by atoms with Crippen molar-refractivity contribution in [2.24, 2.45) is 0 Å². The van der Waals surface area contributed by atoms with Gasteiger partial charge < -0.3 is 4.74 Å². The van der Waals surface area contributed by atoms with Crippen LogP contribution in [0.5, 0.6) is 5.75 Å². The van der Waals surface area contributed by atoms with Gasteiger partial charge in [-0.25, -0.2) is 0 Å². The lowest BCUT2D eigenvalue weighted by atomic mass is 10.1. The number of aryl methyl sites for hydroxylation is 3. The van der Waals surface area contributed by atoms with Gasteiger partial charge in [0.1, 0.15) is 12.4 Å². The average molecular weight is 376 g/mol. The Morgan fingerprint density at radius 1 is 0.889 bits per heavy atom. The quantitative estimate of drug-likeness (QED) is 0.446. The number of carbonyl (C=O) groups is 1. The molecular weight excluding hydrogens is 351 g/mol. The predicted molar refractivity (Wildman–Crippen MR) is 115 cm³/mol. The molecule has 0 aromatic heterocycles. The maximum Gasteiger partial charge on any atom is 0.160 e. The van der Waals surface area contributed by atoms with Gasteiger partial charge in [-0.15, -0.1) is 0 Å². The SMILES string of the molecule is CC(=O)c1cc(C)ccc1Pc1cc(C)cc(C)c1OCc1ccccc1. The smallest absolute Gasteiger partial charge is 0.160 e. The standard InChI is InChI=1S/C24H25O2P/c1-16-10-11-22(21(13-16)19(4)25)27-23-14-17(2)12-18(3)24(23)26-15-20-8-6-5-7-9-20/h5-14,27H,15H2,1-4H3. The van der Waals surface area contributed by atoms with E-state index >= 15 is 0 Å². The summed E-state index contributed by atoms with van der Waals surface area (Å²) in [5, 5.41) is 2.22. The fourth-order valence-corrected chi connectivity index (χ4v) is 4.69. The second-order valence-electron chi connectivity index (χ2n) is 6.96. The molecule has 3 rings (SSSR count). The highest BCUT2D eigenvalue weighted by Crippen LogP contribution is 2.27. The van der Waals surface area contributed by atoms with E-state index in [-0.39, 0.29) is 5.78 Å². The molecular formula is C24H25O2P. The predicted octanol–water partition coefficient (Wildman–Crippen LogP) is 5.02. The van der Waals surface area contributed by atoms with Crippen molar-refractivity contribution >= 4 is 25.0 Å². The number of hydrogen-bond donors (Lipinski definition) is 0. The summed E-state index contributed by atoms with van der Waals surface area (Å²) in [5.74, 6) is 1.04. The molecule has 0 spiro atoms. The zero-order valence-electron chi connectivity index (χ0n) is 16.3. The molecule has 2 nitrogen and oxygen atoms in total. The molecule has 1 unspecified atom stereocenters. The minimum Gasteiger partial charge on any atom is -0.488 e. The molecule has 0 saturated carbocycles. The third-order valence-corrected chi connectivity index (χ3v) is 5.81. The van der Waals surface area contributed by atoms with Gasteiger partial charge in [-0.2, -0.15) is 0 Å². The molecule has 0 aliphatic carbocycles. The van der Waals surface area contributed by atoms with Crippen LogP contribution < -0.4 is 15.3 Å². The largest absolute Gasteiger partial charge is 0.488 e. The second-order valence-corrected chi connectivity index (χ2v) is 8.29. The molecule has 0 heterocycles. The summed E-state index contributed by atoms with van der Waals surface area (Å²) in [6, 6.07) is 20.6. The lowest BCUT2D eigenvalue weighted by Crippen LogP contribution is -2.15. The summed E-state index contributed by atoms with van der Waals surface area (Å²) in [4.78, 5) is 12.1. The number of ketones is 1. The maximum absolute atomic E-state index is 12.1. The summed E-state index contributed by atoms with van der Waals surface area (Å²) in [6.45, 7) is 8.38. The summed E-state index contributed by atoms with van der Waals surface area (Å²) in [7, 11) is 0.378. The van der Waals surface area contributed by atoms with Crippen LogP contribution in [0.1, 0.15) is 39.5 Å². The minimum absolute atomic E-state index is 0.109.